The molecule has 1 unspecified atom stereocenters. The second-order valence-corrected chi connectivity index (χ2v) is 4.58. The number of benzene rings is 2. The van der Waals surface area contributed by atoms with Crippen LogP contribution in [-0.2, 0) is 0 Å². The normalized spacial score (nSPS) is 11.6. The van der Waals surface area contributed by atoms with E-state index < -0.39 is 6.04 Å². The van der Waals surface area contributed by atoms with E-state index >= 15 is 0 Å². The first kappa shape index (κ1) is 15.9. The van der Waals surface area contributed by atoms with Crippen molar-refractivity contribution in [1.29, 1.82) is 0 Å². The zero-order valence-corrected chi connectivity index (χ0v) is 12.6. The van der Waals surface area contributed by atoms with Gasteiger partial charge in [-0.3, -0.25) is 4.98 Å². The number of phenolic OH excluding ortho intramolecular Hbond substituents is 1. The lowest BCUT2D eigenvalue weighted by Crippen LogP contribution is -2.13. The molecule has 114 valence electrons. The summed E-state index contributed by atoms with van der Waals surface area (Å²) in [6.07, 6.45) is 1.60. The second-order valence-electron chi connectivity index (χ2n) is 4.58. The van der Waals surface area contributed by atoms with E-state index in [1.165, 1.54) is 6.07 Å². The van der Waals surface area contributed by atoms with E-state index in [1.807, 2.05) is 26.0 Å². The molecule has 0 aliphatic rings. The molecule has 0 aliphatic heterocycles. The number of hydrogen-bond donors (Lipinski definition) is 2. The maximum Gasteiger partial charge on any atom is 0.146 e. The van der Waals surface area contributed by atoms with Gasteiger partial charge in [0.05, 0.1) is 6.04 Å². The van der Waals surface area contributed by atoms with Gasteiger partial charge in [0, 0.05) is 22.7 Å². The summed E-state index contributed by atoms with van der Waals surface area (Å²) in [5, 5.41) is 11.1. The van der Waals surface area contributed by atoms with E-state index in [0.717, 1.165) is 5.39 Å². The highest BCUT2D eigenvalue weighted by atomic mass is 19.1. The van der Waals surface area contributed by atoms with Crippen molar-refractivity contribution in [3.05, 3.63) is 71.7 Å². The van der Waals surface area contributed by atoms with Crippen molar-refractivity contribution in [3.63, 3.8) is 0 Å². The number of fused-ring (bicyclic) bond motifs is 1. The third kappa shape index (κ3) is 2.92. The maximum atomic E-state index is 13.8. The highest BCUT2D eigenvalue weighted by molar-refractivity contribution is 5.85. The van der Waals surface area contributed by atoms with Crippen LogP contribution in [0.15, 0.2) is 54.7 Å². The number of halogens is 1. The quantitative estimate of drug-likeness (QED) is 0.747. The largest absolute Gasteiger partial charge is 0.505 e. The first-order chi connectivity index (χ1) is 10.7. The van der Waals surface area contributed by atoms with Crippen LogP contribution >= 0.6 is 0 Å². The van der Waals surface area contributed by atoms with Crippen molar-refractivity contribution in [2.24, 2.45) is 5.73 Å². The number of phenols is 1. The number of rotatable bonds is 2. The molecule has 3 nitrogen and oxygen atoms in total. The van der Waals surface area contributed by atoms with Crippen LogP contribution in [0.2, 0.25) is 0 Å². The molecule has 3 aromatic rings. The van der Waals surface area contributed by atoms with Gasteiger partial charge < -0.3 is 10.8 Å². The molecule has 22 heavy (non-hydrogen) atoms. The van der Waals surface area contributed by atoms with Gasteiger partial charge in [0.25, 0.3) is 0 Å². The van der Waals surface area contributed by atoms with Crippen molar-refractivity contribution >= 4 is 10.9 Å². The van der Waals surface area contributed by atoms with Crippen LogP contribution < -0.4 is 5.73 Å². The Hall–Kier alpha value is -2.46. The molecule has 0 spiro atoms. The van der Waals surface area contributed by atoms with Gasteiger partial charge in [-0.05, 0) is 12.1 Å². The number of pyridine rings is 1. The van der Waals surface area contributed by atoms with Crippen LogP contribution in [0.1, 0.15) is 31.0 Å². The lowest BCUT2D eigenvalue weighted by atomic mass is 9.97. The minimum absolute atomic E-state index is 0.00106. The predicted octanol–water partition coefficient (Wildman–Crippen LogP) is 4.15. The van der Waals surface area contributed by atoms with Gasteiger partial charge in [0.1, 0.15) is 17.1 Å². The average molecular weight is 298 g/mol. The van der Waals surface area contributed by atoms with Gasteiger partial charge >= 0.3 is 0 Å². The SMILES string of the molecule is CC.NC(c1ccccc1F)c1ccc2cccnc2c1O. The Morgan fingerprint density at radius 1 is 1.00 bits per heavy atom. The molecule has 0 saturated carbocycles. The minimum Gasteiger partial charge on any atom is -0.505 e. The van der Waals surface area contributed by atoms with E-state index in [2.05, 4.69) is 4.98 Å². The van der Waals surface area contributed by atoms with Gasteiger partial charge in [-0.2, -0.15) is 0 Å². The number of aromatic nitrogens is 1. The maximum absolute atomic E-state index is 13.8. The van der Waals surface area contributed by atoms with E-state index in [1.54, 1.807) is 36.5 Å². The number of nitrogens with two attached hydrogens (primary N) is 1. The van der Waals surface area contributed by atoms with Gasteiger partial charge in [-0.25, -0.2) is 4.39 Å². The Kier molecular flexibility index (Phi) is 5.07. The second kappa shape index (κ2) is 7.00. The predicted molar refractivity (Wildman–Crippen MR) is 87.2 cm³/mol. The summed E-state index contributed by atoms with van der Waals surface area (Å²) in [4.78, 5) is 4.14. The molecule has 3 N–H and O–H groups in total. The van der Waals surface area contributed by atoms with Crippen LogP contribution in [0.3, 0.4) is 0 Å². The van der Waals surface area contributed by atoms with Crippen molar-refractivity contribution in [2.75, 3.05) is 0 Å². The first-order valence-corrected chi connectivity index (χ1v) is 7.25. The van der Waals surface area contributed by atoms with E-state index in [4.69, 9.17) is 5.73 Å². The molecule has 0 fully saturated rings. The summed E-state index contributed by atoms with van der Waals surface area (Å²) in [7, 11) is 0. The lowest BCUT2D eigenvalue weighted by Gasteiger charge is -2.15. The number of aromatic hydroxyl groups is 1. The highest BCUT2D eigenvalue weighted by Gasteiger charge is 2.18. The fourth-order valence-electron chi connectivity index (χ4n) is 2.29. The Morgan fingerprint density at radius 2 is 1.73 bits per heavy atom. The fourth-order valence-corrected chi connectivity index (χ4v) is 2.29. The van der Waals surface area contributed by atoms with Crippen LogP contribution in [0.5, 0.6) is 5.75 Å². The third-order valence-corrected chi connectivity index (χ3v) is 3.35. The Balaban J connectivity index is 0.000000847. The summed E-state index contributed by atoms with van der Waals surface area (Å²) in [5.74, 6) is -0.389. The summed E-state index contributed by atoms with van der Waals surface area (Å²) in [5.41, 5.74) is 7.36. The Labute approximate surface area is 129 Å². The molecule has 0 saturated heterocycles. The zero-order chi connectivity index (χ0) is 16.1. The molecular formula is C18H19FN2O. The molecule has 2 aromatic carbocycles. The summed E-state index contributed by atoms with van der Waals surface area (Å²) < 4.78 is 13.8. The summed E-state index contributed by atoms with van der Waals surface area (Å²) >= 11 is 0. The van der Waals surface area contributed by atoms with Crippen molar-refractivity contribution in [1.82, 2.24) is 4.98 Å². The topological polar surface area (TPSA) is 59.1 Å². The first-order valence-electron chi connectivity index (χ1n) is 7.25. The lowest BCUT2D eigenvalue weighted by molar-refractivity contribution is 0.469. The molecule has 1 heterocycles. The third-order valence-electron chi connectivity index (χ3n) is 3.35. The minimum atomic E-state index is -0.734. The fraction of sp³-hybridized carbons (Fsp3) is 0.167. The van der Waals surface area contributed by atoms with Crippen LogP contribution in [-0.4, -0.2) is 10.1 Å². The molecule has 0 aliphatic carbocycles. The highest BCUT2D eigenvalue weighted by Crippen LogP contribution is 2.33. The van der Waals surface area contributed by atoms with Gasteiger partial charge in [0.15, 0.2) is 0 Å². The molecule has 0 bridgehead atoms. The number of hydrogen-bond acceptors (Lipinski definition) is 3. The molecule has 4 heteroatoms. The molecule has 1 atom stereocenters. The Bertz CT molecular complexity index is 774. The van der Waals surface area contributed by atoms with Crippen molar-refractivity contribution < 1.29 is 9.50 Å². The zero-order valence-electron chi connectivity index (χ0n) is 12.6. The smallest absolute Gasteiger partial charge is 0.146 e. The van der Waals surface area contributed by atoms with Crippen molar-refractivity contribution in [3.8, 4) is 5.75 Å². The van der Waals surface area contributed by atoms with Gasteiger partial charge in [-0.15, -0.1) is 0 Å². The van der Waals surface area contributed by atoms with Crippen LogP contribution in [0.25, 0.3) is 10.9 Å². The summed E-state index contributed by atoms with van der Waals surface area (Å²) in [6.45, 7) is 4.00. The number of nitrogens with zero attached hydrogens (tertiary/aromatic N) is 1. The Morgan fingerprint density at radius 3 is 2.45 bits per heavy atom. The van der Waals surface area contributed by atoms with Crippen LogP contribution in [0, 0.1) is 5.82 Å². The van der Waals surface area contributed by atoms with Crippen LogP contribution in [0.4, 0.5) is 4.39 Å². The standard InChI is InChI=1S/C16H13FN2O.C2H6/c17-13-6-2-1-5-11(13)14(18)12-8-7-10-4-3-9-19-15(10)16(12)20;1-2/h1-9,14,20H,18H2;1-2H3. The van der Waals surface area contributed by atoms with E-state index in [-0.39, 0.29) is 11.6 Å². The molecule has 0 amide bonds. The monoisotopic (exact) mass is 298 g/mol. The molecule has 1 aromatic heterocycles. The summed E-state index contributed by atoms with van der Waals surface area (Å²) in [6, 6.07) is 12.7. The van der Waals surface area contributed by atoms with E-state index in [9.17, 15) is 9.50 Å². The average Bonchev–Trinajstić information content (AvgIpc) is 2.57. The van der Waals surface area contributed by atoms with Gasteiger partial charge in [-0.1, -0.05) is 50.2 Å². The van der Waals surface area contributed by atoms with E-state index in [0.29, 0.717) is 16.6 Å². The molecule has 0 radical (unpaired) electrons. The molecule has 3 rings (SSSR count). The molecular weight excluding hydrogens is 279 g/mol. The van der Waals surface area contributed by atoms with Gasteiger partial charge in [0.2, 0.25) is 0 Å². The van der Waals surface area contributed by atoms with Crippen molar-refractivity contribution in [2.45, 2.75) is 19.9 Å².